The van der Waals surface area contributed by atoms with Crippen molar-refractivity contribution >= 4 is 5.91 Å². The fourth-order valence-electron chi connectivity index (χ4n) is 3.95. The lowest BCUT2D eigenvalue weighted by Gasteiger charge is -2.39. The molecule has 1 aromatic rings. The van der Waals surface area contributed by atoms with Gasteiger partial charge in [0.2, 0.25) is 5.91 Å². The highest BCUT2D eigenvalue weighted by molar-refractivity contribution is 5.82. The number of hydrogen-bond acceptors (Lipinski definition) is 3. The van der Waals surface area contributed by atoms with Crippen molar-refractivity contribution in [2.24, 2.45) is 5.41 Å². The van der Waals surface area contributed by atoms with Gasteiger partial charge in [-0.2, -0.15) is 0 Å². The minimum atomic E-state index is -0.238. The molecule has 0 bridgehead atoms. The quantitative estimate of drug-likeness (QED) is 0.860. The molecular formula is C21H32N2O2. The maximum Gasteiger partial charge on any atom is 0.226 e. The Balaban J connectivity index is 1.45. The highest BCUT2D eigenvalue weighted by Crippen LogP contribution is 2.32. The summed E-state index contributed by atoms with van der Waals surface area (Å²) in [5.74, 6) is 0.220. The van der Waals surface area contributed by atoms with Crippen molar-refractivity contribution in [2.75, 3.05) is 19.7 Å². The second-order valence-electron chi connectivity index (χ2n) is 8.07. The average Bonchev–Trinajstić information content (AvgIpc) is 3.11. The molecule has 138 valence electrons. The Labute approximate surface area is 151 Å². The molecule has 2 saturated heterocycles. The van der Waals surface area contributed by atoms with E-state index in [-0.39, 0.29) is 17.4 Å². The minimum Gasteiger partial charge on any atom is -0.378 e. The van der Waals surface area contributed by atoms with Gasteiger partial charge in [-0.1, -0.05) is 37.3 Å². The first kappa shape index (κ1) is 18.4. The third-order valence-corrected chi connectivity index (χ3v) is 5.77. The molecule has 0 aromatic heterocycles. The predicted molar refractivity (Wildman–Crippen MR) is 100 cm³/mol. The number of hydrogen-bond donors (Lipinski definition) is 1. The highest BCUT2D eigenvalue weighted by Gasteiger charge is 2.37. The van der Waals surface area contributed by atoms with E-state index in [9.17, 15) is 4.79 Å². The Hall–Kier alpha value is -1.39. The van der Waals surface area contributed by atoms with Gasteiger partial charge in [-0.25, -0.2) is 0 Å². The zero-order valence-electron chi connectivity index (χ0n) is 15.7. The van der Waals surface area contributed by atoms with E-state index >= 15 is 0 Å². The topological polar surface area (TPSA) is 41.6 Å². The Morgan fingerprint density at radius 2 is 2.04 bits per heavy atom. The van der Waals surface area contributed by atoms with Crippen molar-refractivity contribution in [3.63, 3.8) is 0 Å². The Morgan fingerprint density at radius 1 is 1.32 bits per heavy atom. The average molecular weight is 344 g/mol. The van der Waals surface area contributed by atoms with E-state index in [0.717, 1.165) is 58.3 Å². The van der Waals surface area contributed by atoms with Crippen molar-refractivity contribution in [3.05, 3.63) is 35.9 Å². The first-order valence-electron chi connectivity index (χ1n) is 9.74. The monoisotopic (exact) mass is 344 g/mol. The van der Waals surface area contributed by atoms with Crippen LogP contribution in [-0.4, -0.2) is 42.6 Å². The zero-order chi connectivity index (χ0) is 17.7. The summed E-state index contributed by atoms with van der Waals surface area (Å²) in [7, 11) is 0. The van der Waals surface area contributed by atoms with Gasteiger partial charge in [0.05, 0.1) is 6.10 Å². The maximum absolute atomic E-state index is 12.8. The van der Waals surface area contributed by atoms with Gasteiger partial charge in [0.25, 0.3) is 0 Å². The van der Waals surface area contributed by atoms with Gasteiger partial charge in [-0.15, -0.1) is 0 Å². The molecule has 2 aliphatic heterocycles. The van der Waals surface area contributed by atoms with Crippen LogP contribution in [0.2, 0.25) is 0 Å². The predicted octanol–water partition coefficient (Wildman–Crippen LogP) is 3.36. The molecule has 1 aromatic carbocycles. The molecule has 3 rings (SSSR count). The van der Waals surface area contributed by atoms with Crippen molar-refractivity contribution in [1.82, 2.24) is 10.2 Å². The number of carbonyl (C=O) groups excluding carboxylic acids is 1. The van der Waals surface area contributed by atoms with Crippen LogP contribution in [0.5, 0.6) is 0 Å². The van der Waals surface area contributed by atoms with Crippen molar-refractivity contribution < 1.29 is 9.53 Å². The second kappa shape index (κ2) is 8.33. The fourth-order valence-corrected chi connectivity index (χ4v) is 3.95. The lowest BCUT2D eigenvalue weighted by atomic mass is 9.79. The number of benzene rings is 1. The summed E-state index contributed by atoms with van der Waals surface area (Å²) in [5.41, 5.74) is 1.11. The number of carbonyl (C=O) groups is 1. The van der Waals surface area contributed by atoms with Crippen LogP contribution in [0.4, 0.5) is 0 Å². The van der Waals surface area contributed by atoms with Crippen LogP contribution in [0.3, 0.4) is 0 Å². The molecule has 2 heterocycles. The normalized spacial score (nSPS) is 24.8. The van der Waals surface area contributed by atoms with Crippen LogP contribution < -0.4 is 5.32 Å². The number of nitrogens with one attached hydrogen (secondary N) is 1. The minimum absolute atomic E-state index is 0.190. The van der Waals surface area contributed by atoms with Crippen LogP contribution in [0, 0.1) is 5.41 Å². The number of piperidine rings is 1. The Kier molecular flexibility index (Phi) is 6.13. The lowest BCUT2D eigenvalue weighted by Crippen LogP contribution is -2.49. The largest absolute Gasteiger partial charge is 0.378 e. The summed E-state index contributed by atoms with van der Waals surface area (Å²) in [6, 6.07) is 10.8. The number of ether oxygens (including phenoxy) is 1. The second-order valence-corrected chi connectivity index (χ2v) is 8.07. The van der Waals surface area contributed by atoms with E-state index in [2.05, 4.69) is 54.4 Å². The zero-order valence-corrected chi connectivity index (χ0v) is 15.7. The summed E-state index contributed by atoms with van der Waals surface area (Å²) in [5, 5.41) is 3.24. The molecule has 2 atom stereocenters. The summed E-state index contributed by atoms with van der Waals surface area (Å²) >= 11 is 0. The van der Waals surface area contributed by atoms with Crippen LogP contribution >= 0.6 is 0 Å². The SMILES string of the molecule is CC(CC1CCCO1)NC(=O)C1(C)CCN(Cc2ccccc2)CC1. The molecule has 2 unspecified atom stereocenters. The molecule has 0 radical (unpaired) electrons. The molecule has 0 saturated carbocycles. The molecule has 4 heteroatoms. The Bertz CT molecular complexity index is 546. The van der Waals surface area contributed by atoms with E-state index < -0.39 is 0 Å². The third-order valence-electron chi connectivity index (χ3n) is 5.77. The summed E-state index contributed by atoms with van der Waals surface area (Å²) in [6.07, 6.45) is 5.40. The molecule has 2 fully saturated rings. The molecule has 4 nitrogen and oxygen atoms in total. The first-order valence-corrected chi connectivity index (χ1v) is 9.74. The molecule has 25 heavy (non-hydrogen) atoms. The molecule has 1 amide bonds. The van der Waals surface area contributed by atoms with Gasteiger partial charge in [0.1, 0.15) is 0 Å². The number of likely N-dealkylation sites (tertiary alicyclic amines) is 1. The van der Waals surface area contributed by atoms with Crippen molar-refractivity contribution in [2.45, 2.75) is 64.6 Å². The highest BCUT2D eigenvalue weighted by atomic mass is 16.5. The van der Waals surface area contributed by atoms with Crippen molar-refractivity contribution in [3.8, 4) is 0 Å². The Morgan fingerprint density at radius 3 is 2.68 bits per heavy atom. The molecule has 1 N–H and O–H groups in total. The molecule has 2 aliphatic rings. The van der Waals surface area contributed by atoms with Gasteiger partial charge < -0.3 is 10.1 Å². The van der Waals surface area contributed by atoms with Crippen LogP contribution in [0.25, 0.3) is 0 Å². The molecule has 0 spiro atoms. The first-order chi connectivity index (χ1) is 12.0. The molecule has 0 aliphatic carbocycles. The van der Waals surface area contributed by atoms with Gasteiger partial charge in [0, 0.05) is 24.6 Å². The van der Waals surface area contributed by atoms with E-state index in [1.165, 1.54) is 5.56 Å². The lowest BCUT2D eigenvalue weighted by molar-refractivity contribution is -0.133. The number of amides is 1. The third kappa shape index (κ3) is 5.05. The number of rotatable bonds is 6. The number of nitrogens with zero attached hydrogens (tertiary/aromatic N) is 1. The van der Waals surface area contributed by atoms with E-state index in [0.29, 0.717) is 6.10 Å². The smallest absolute Gasteiger partial charge is 0.226 e. The standard InChI is InChI=1S/C21H32N2O2/c1-17(15-19-9-6-14-25-19)22-20(24)21(2)10-12-23(13-11-21)16-18-7-4-3-5-8-18/h3-5,7-8,17,19H,6,9-16H2,1-2H3,(H,22,24). The van der Waals surface area contributed by atoms with Gasteiger partial charge >= 0.3 is 0 Å². The van der Waals surface area contributed by atoms with E-state index in [1.54, 1.807) is 0 Å². The van der Waals surface area contributed by atoms with Gasteiger partial charge in [-0.05, 0) is 57.7 Å². The van der Waals surface area contributed by atoms with Crippen LogP contribution in [0.1, 0.15) is 51.5 Å². The fraction of sp³-hybridized carbons (Fsp3) is 0.667. The van der Waals surface area contributed by atoms with E-state index in [1.807, 2.05) is 0 Å². The summed E-state index contributed by atoms with van der Waals surface area (Å²) in [6.45, 7) is 8.06. The van der Waals surface area contributed by atoms with Gasteiger partial charge in [0.15, 0.2) is 0 Å². The maximum atomic E-state index is 12.8. The van der Waals surface area contributed by atoms with Gasteiger partial charge in [-0.3, -0.25) is 9.69 Å². The van der Waals surface area contributed by atoms with E-state index in [4.69, 9.17) is 4.74 Å². The summed E-state index contributed by atoms with van der Waals surface area (Å²) < 4.78 is 5.69. The summed E-state index contributed by atoms with van der Waals surface area (Å²) in [4.78, 5) is 15.3. The van der Waals surface area contributed by atoms with Crippen LogP contribution in [0.15, 0.2) is 30.3 Å². The van der Waals surface area contributed by atoms with Crippen molar-refractivity contribution in [1.29, 1.82) is 0 Å². The van der Waals surface area contributed by atoms with Crippen LogP contribution in [-0.2, 0) is 16.1 Å². The molecular weight excluding hydrogens is 312 g/mol.